The highest BCUT2D eigenvalue weighted by molar-refractivity contribution is 5.70. The molecule has 7 nitrogen and oxygen atoms in total. The summed E-state index contributed by atoms with van der Waals surface area (Å²) in [5.74, 6) is 3.09. The van der Waals surface area contributed by atoms with Gasteiger partial charge in [0.05, 0.1) is 0 Å². The lowest BCUT2D eigenvalue weighted by atomic mass is 10.0. The van der Waals surface area contributed by atoms with Crippen molar-refractivity contribution in [2.75, 3.05) is 38.3 Å². The number of H-pyrrole nitrogens is 1. The molecule has 0 saturated carbocycles. The third-order valence-corrected chi connectivity index (χ3v) is 4.64. The van der Waals surface area contributed by atoms with E-state index in [9.17, 15) is 0 Å². The molecule has 0 radical (unpaired) electrons. The molecule has 0 fully saturated rings. The highest BCUT2D eigenvalue weighted by Gasteiger charge is 2.17. The Balaban J connectivity index is 2.10. The van der Waals surface area contributed by atoms with Gasteiger partial charge in [0.15, 0.2) is 11.6 Å². The second-order valence-electron chi connectivity index (χ2n) is 7.10. The molecule has 3 aromatic rings. The van der Waals surface area contributed by atoms with Gasteiger partial charge in [-0.25, -0.2) is 9.97 Å². The van der Waals surface area contributed by atoms with Crippen LogP contribution in [0.1, 0.15) is 23.7 Å². The number of nitrogens with one attached hydrogen (secondary N) is 3. The van der Waals surface area contributed by atoms with Crippen LogP contribution in [0.4, 0.5) is 17.5 Å². The zero-order chi connectivity index (χ0) is 20.1. The second-order valence-corrected chi connectivity index (χ2v) is 7.10. The number of nitrogens with zero attached hydrogens (tertiary/aromatic N) is 4. The average molecular weight is 380 g/mol. The summed E-state index contributed by atoms with van der Waals surface area (Å²) >= 11 is 0. The summed E-state index contributed by atoms with van der Waals surface area (Å²) in [6.45, 7) is 5.03. The highest BCUT2D eigenvalue weighted by Crippen LogP contribution is 2.30. The minimum absolute atomic E-state index is 0.713. The van der Waals surface area contributed by atoms with E-state index in [1.807, 2.05) is 26.1 Å². The van der Waals surface area contributed by atoms with Crippen LogP contribution in [-0.2, 0) is 12.8 Å². The van der Waals surface area contributed by atoms with Crippen LogP contribution in [0.15, 0.2) is 30.3 Å². The Labute approximate surface area is 166 Å². The van der Waals surface area contributed by atoms with Gasteiger partial charge >= 0.3 is 0 Å². The van der Waals surface area contributed by atoms with Crippen LogP contribution in [-0.4, -0.2) is 52.8 Å². The maximum absolute atomic E-state index is 4.91. The molecule has 3 N–H and O–H groups in total. The predicted octanol–water partition coefficient (Wildman–Crippen LogP) is 3.63. The van der Waals surface area contributed by atoms with Crippen molar-refractivity contribution < 1.29 is 0 Å². The molecular formula is C21H29N7. The Morgan fingerprint density at radius 1 is 1.11 bits per heavy atom. The first-order chi connectivity index (χ1) is 13.5. The van der Waals surface area contributed by atoms with Crippen LogP contribution in [0.2, 0.25) is 0 Å². The normalized spacial score (nSPS) is 11.1. The molecule has 0 atom stereocenters. The Morgan fingerprint density at radius 3 is 2.50 bits per heavy atom. The second kappa shape index (κ2) is 8.84. The van der Waals surface area contributed by atoms with E-state index in [1.165, 1.54) is 5.56 Å². The van der Waals surface area contributed by atoms with Crippen LogP contribution in [0.3, 0.4) is 0 Å². The Morgan fingerprint density at radius 2 is 1.86 bits per heavy atom. The molecule has 0 spiro atoms. The van der Waals surface area contributed by atoms with Crippen molar-refractivity contribution in [2.24, 2.45) is 0 Å². The van der Waals surface area contributed by atoms with E-state index in [0.717, 1.165) is 53.7 Å². The molecule has 0 aliphatic carbocycles. The lowest BCUT2D eigenvalue weighted by molar-refractivity contribution is 0.414. The largest absolute Gasteiger partial charge is 0.373 e. The third kappa shape index (κ3) is 4.48. The lowest BCUT2D eigenvalue weighted by Gasteiger charge is -2.18. The molecule has 28 heavy (non-hydrogen) atoms. The van der Waals surface area contributed by atoms with Crippen molar-refractivity contribution in [1.82, 2.24) is 25.1 Å². The number of hydrogen-bond donors (Lipinski definition) is 3. The van der Waals surface area contributed by atoms with Crippen molar-refractivity contribution in [2.45, 2.75) is 26.7 Å². The van der Waals surface area contributed by atoms with E-state index in [2.05, 4.69) is 64.9 Å². The Kier molecular flexibility index (Phi) is 6.26. The first kappa shape index (κ1) is 19.8. The molecule has 0 bridgehead atoms. The molecule has 0 saturated heterocycles. The Hall–Kier alpha value is -2.93. The monoisotopic (exact) mass is 379 g/mol. The van der Waals surface area contributed by atoms with E-state index in [0.29, 0.717) is 5.82 Å². The molecule has 3 rings (SSSR count). The molecule has 0 amide bonds. The van der Waals surface area contributed by atoms with Crippen LogP contribution in [0, 0.1) is 6.92 Å². The maximum Gasteiger partial charge on any atom is 0.164 e. The molecule has 7 heteroatoms. The molecule has 2 heterocycles. The van der Waals surface area contributed by atoms with E-state index in [4.69, 9.17) is 9.97 Å². The van der Waals surface area contributed by atoms with Crippen molar-refractivity contribution in [3.8, 4) is 11.4 Å². The average Bonchev–Trinajstić information content (AvgIpc) is 3.10. The molecule has 0 aliphatic rings. The predicted molar refractivity (Wildman–Crippen MR) is 115 cm³/mol. The summed E-state index contributed by atoms with van der Waals surface area (Å²) in [7, 11) is 6.03. The Bertz CT molecular complexity index is 930. The number of aromatic nitrogens is 4. The topological polar surface area (TPSA) is 81.8 Å². The number of hydrogen-bond acceptors (Lipinski definition) is 6. The van der Waals surface area contributed by atoms with Crippen LogP contribution in [0.5, 0.6) is 0 Å². The lowest BCUT2D eigenvalue weighted by Crippen LogP contribution is -2.17. The number of anilines is 3. The molecule has 1 aromatic carbocycles. The smallest absolute Gasteiger partial charge is 0.164 e. The van der Waals surface area contributed by atoms with Crippen molar-refractivity contribution in [3.63, 3.8) is 0 Å². The number of aromatic amines is 1. The summed E-state index contributed by atoms with van der Waals surface area (Å²) in [5, 5.41) is 13.9. The first-order valence-corrected chi connectivity index (χ1v) is 9.62. The van der Waals surface area contributed by atoms with Gasteiger partial charge in [0, 0.05) is 36.5 Å². The van der Waals surface area contributed by atoms with Crippen LogP contribution in [0.25, 0.3) is 11.4 Å². The van der Waals surface area contributed by atoms with Gasteiger partial charge < -0.3 is 15.5 Å². The highest BCUT2D eigenvalue weighted by atomic mass is 15.2. The summed E-state index contributed by atoms with van der Waals surface area (Å²) in [6.07, 6.45) is 1.75. The molecule has 0 unspecified atom stereocenters. The molecule has 0 aliphatic heterocycles. The molecular weight excluding hydrogens is 350 g/mol. The van der Waals surface area contributed by atoms with Crippen LogP contribution >= 0.6 is 0 Å². The zero-order valence-corrected chi connectivity index (χ0v) is 17.3. The summed E-state index contributed by atoms with van der Waals surface area (Å²) in [4.78, 5) is 11.9. The number of aryl methyl sites for hydroxylation is 2. The van der Waals surface area contributed by atoms with E-state index < -0.39 is 0 Å². The summed E-state index contributed by atoms with van der Waals surface area (Å²) in [5.41, 5.74) is 4.33. The SMILES string of the molecule is CCc1ccccc1-c1nc(NC)c(CCN(C)C)c(Nc2cc(C)[nH]n2)n1. The fourth-order valence-electron chi connectivity index (χ4n) is 3.14. The van der Waals surface area contributed by atoms with E-state index >= 15 is 0 Å². The molecule has 148 valence electrons. The van der Waals surface area contributed by atoms with E-state index in [-0.39, 0.29) is 0 Å². The van der Waals surface area contributed by atoms with Crippen molar-refractivity contribution >= 4 is 17.5 Å². The standard InChI is InChI=1S/C21H29N7/c1-6-15-9-7-8-10-16(15)20-24-19(22-3)17(11-12-28(4)5)21(25-20)23-18-13-14(2)26-27-18/h7-10,13H,6,11-12H2,1-5H3,(H3,22,23,24,25,26,27). The minimum Gasteiger partial charge on any atom is -0.373 e. The quantitative estimate of drug-likeness (QED) is 0.554. The summed E-state index contributed by atoms with van der Waals surface area (Å²) in [6, 6.07) is 10.3. The minimum atomic E-state index is 0.713. The zero-order valence-electron chi connectivity index (χ0n) is 17.3. The van der Waals surface area contributed by atoms with Crippen LogP contribution < -0.4 is 10.6 Å². The fourth-order valence-corrected chi connectivity index (χ4v) is 3.14. The van der Waals surface area contributed by atoms with Gasteiger partial charge in [-0.05, 0) is 39.4 Å². The van der Waals surface area contributed by atoms with Gasteiger partial charge in [0.1, 0.15) is 11.6 Å². The van der Waals surface area contributed by atoms with Gasteiger partial charge in [-0.1, -0.05) is 31.2 Å². The van der Waals surface area contributed by atoms with Gasteiger partial charge in [0.2, 0.25) is 0 Å². The van der Waals surface area contributed by atoms with Gasteiger partial charge in [-0.3, -0.25) is 5.10 Å². The van der Waals surface area contributed by atoms with Gasteiger partial charge in [-0.2, -0.15) is 5.10 Å². The third-order valence-electron chi connectivity index (χ3n) is 4.64. The number of benzene rings is 1. The first-order valence-electron chi connectivity index (χ1n) is 9.62. The van der Waals surface area contributed by atoms with Crippen molar-refractivity contribution in [1.29, 1.82) is 0 Å². The fraction of sp³-hybridized carbons (Fsp3) is 0.381. The van der Waals surface area contributed by atoms with Crippen molar-refractivity contribution in [3.05, 3.63) is 47.2 Å². The number of likely N-dealkylation sites (N-methyl/N-ethyl adjacent to an activating group) is 1. The summed E-state index contributed by atoms with van der Waals surface area (Å²) < 4.78 is 0. The van der Waals surface area contributed by atoms with E-state index in [1.54, 1.807) is 0 Å². The molecule has 2 aromatic heterocycles. The van der Waals surface area contributed by atoms with Gasteiger partial charge in [0.25, 0.3) is 0 Å². The maximum atomic E-state index is 4.91. The van der Waals surface area contributed by atoms with Gasteiger partial charge in [-0.15, -0.1) is 0 Å². The number of rotatable bonds is 8.